The number of nitrogens with zero attached hydrogens (tertiary/aromatic N) is 1. The molecule has 0 fully saturated rings. The maximum atomic E-state index is 6.40. The van der Waals surface area contributed by atoms with Crippen LogP contribution in [0.3, 0.4) is 0 Å². The third-order valence-electron chi connectivity index (χ3n) is 5.36. The lowest BCUT2D eigenvalue weighted by atomic mass is 9.88. The molecule has 2 nitrogen and oxygen atoms in total. The molecule has 0 aromatic heterocycles. The minimum atomic E-state index is 0. The molecule has 1 unspecified atom stereocenters. The van der Waals surface area contributed by atoms with Crippen LogP contribution >= 0.6 is 12.4 Å². The first kappa shape index (κ1) is 21.0. The highest BCUT2D eigenvalue weighted by Crippen LogP contribution is 2.30. The van der Waals surface area contributed by atoms with Crippen molar-refractivity contribution < 1.29 is 4.74 Å². The van der Waals surface area contributed by atoms with Gasteiger partial charge in [0.25, 0.3) is 0 Å². The van der Waals surface area contributed by atoms with Gasteiger partial charge in [-0.2, -0.15) is 0 Å². The number of likely N-dealkylation sites (N-methyl/N-ethyl adjacent to an activating group) is 1. The standard InChI is InChI=1S/C23H31NO.ClH/c1-3-24(4-2)16-17-25-23(20-11-6-5-7-12-20)22-15-14-19-10-8-9-13-21(19)18-22;/h5-7,11-12,14-15,18,23H,3-4,8-10,13,16-17H2,1-2H3;1H. The predicted molar refractivity (Wildman–Crippen MR) is 112 cm³/mol. The van der Waals surface area contributed by atoms with E-state index in [9.17, 15) is 0 Å². The topological polar surface area (TPSA) is 12.5 Å². The van der Waals surface area contributed by atoms with Gasteiger partial charge in [-0.15, -0.1) is 12.4 Å². The molecule has 0 saturated heterocycles. The van der Waals surface area contributed by atoms with Crippen LogP contribution in [-0.2, 0) is 17.6 Å². The van der Waals surface area contributed by atoms with Crippen molar-refractivity contribution in [2.75, 3.05) is 26.2 Å². The maximum absolute atomic E-state index is 6.40. The highest BCUT2D eigenvalue weighted by Gasteiger charge is 2.18. The van der Waals surface area contributed by atoms with Crippen LogP contribution < -0.4 is 0 Å². The number of aryl methyl sites for hydroxylation is 2. The highest BCUT2D eigenvalue weighted by atomic mass is 35.5. The summed E-state index contributed by atoms with van der Waals surface area (Å²) >= 11 is 0. The molecule has 142 valence electrons. The molecule has 0 spiro atoms. The Labute approximate surface area is 165 Å². The molecule has 2 aromatic carbocycles. The van der Waals surface area contributed by atoms with Gasteiger partial charge in [-0.1, -0.05) is 62.4 Å². The fraction of sp³-hybridized carbons (Fsp3) is 0.478. The van der Waals surface area contributed by atoms with Gasteiger partial charge < -0.3 is 9.64 Å². The first-order chi connectivity index (χ1) is 12.3. The summed E-state index contributed by atoms with van der Waals surface area (Å²) < 4.78 is 6.40. The molecule has 0 aliphatic heterocycles. The summed E-state index contributed by atoms with van der Waals surface area (Å²) in [6.45, 7) is 8.33. The Bertz CT molecular complexity index is 655. The van der Waals surface area contributed by atoms with Crippen molar-refractivity contribution in [3.8, 4) is 0 Å². The average molecular weight is 374 g/mol. The molecule has 2 aromatic rings. The molecule has 3 heteroatoms. The van der Waals surface area contributed by atoms with E-state index < -0.39 is 0 Å². The van der Waals surface area contributed by atoms with Crippen molar-refractivity contribution in [2.24, 2.45) is 0 Å². The van der Waals surface area contributed by atoms with E-state index in [1.807, 2.05) is 0 Å². The van der Waals surface area contributed by atoms with Crippen LogP contribution in [0.1, 0.15) is 55.0 Å². The monoisotopic (exact) mass is 373 g/mol. The van der Waals surface area contributed by atoms with E-state index in [0.717, 1.165) is 26.2 Å². The molecule has 0 amide bonds. The van der Waals surface area contributed by atoms with Gasteiger partial charge in [0.05, 0.1) is 6.61 Å². The van der Waals surface area contributed by atoms with Crippen molar-refractivity contribution in [2.45, 2.75) is 45.6 Å². The lowest BCUT2D eigenvalue weighted by molar-refractivity contribution is 0.0618. The highest BCUT2D eigenvalue weighted by molar-refractivity contribution is 5.85. The smallest absolute Gasteiger partial charge is 0.108 e. The number of hydrogen-bond acceptors (Lipinski definition) is 2. The van der Waals surface area contributed by atoms with Gasteiger partial charge in [0.1, 0.15) is 6.10 Å². The van der Waals surface area contributed by atoms with Gasteiger partial charge in [-0.05, 0) is 61.0 Å². The summed E-state index contributed by atoms with van der Waals surface area (Å²) in [5.74, 6) is 0. The SMILES string of the molecule is CCN(CC)CCOC(c1ccccc1)c1ccc2c(c1)CCCC2.Cl. The Morgan fingerprint density at radius 3 is 2.27 bits per heavy atom. The zero-order valence-electron chi connectivity index (χ0n) is 16.1. The minimum absolute atomic E-state index is 0. The Morgan fingerprint density at radius 2 is 1.58 bits per heavy atom. The Balaban J connectivity index is 0.00000243. The summed E-state index contributed by atoms with van der Waals surface area (Å²) in [6.07, 6.45) is 5.12. The second-order valence-electron chi connectivity index (χ2n) is 6.92. The zero-order chi connectivity index (χ0) is 17.5. The van der Waals surface area contributed by atoms with E-state index in [0.29, 0.717) is 0 Å². The van der Waals surface area contributed by atoms with Crippen molar-refractivity contribution in [3.05, 3.63) is 70.8 Å². The summed E-state index contributed by atoms with van der Waals surface area (Å²) in [5.41, 5.74) is 5.60. The lowest BCUT2D eigenvalue weighted by Gasteiger charge is -2.24. The molecule has 0 radical (unpaired) electrons. The third-order valence-corrected chi connectivity index (χ3v) is 5.36. The van der Waals surface area contributed by atoms with E-state index in [1.54, 1.807) is 0 Å². The van der Waals surface area contributed by atoms with Crippen molar-refractivity contribution >= 4 is 12.4 Å². The second kappa shape index (κ2) is 10.7. The van der Waals surface area contributed by atoms with Crippen LogP contribution in [-0.4, -0.2) is 31.1 Å². The number of rotatable bonds is 8. The normalized spacial score (nSPS) is 14.6. The van der Waals surface area contributed by atoms with E-state index in [2.05, 4.69) is 67.3 Å². The summed E-state index contributed by atoms with van der Waals surface area (Å²) in [5, 5.41) is 0. The Morgan fingerprint density at radius 1 is 0.885 bits per heavy atom. The molecule has 0 N–H and O–H groups in total. The van der Waals surface area contributed by atoms with Gasteiger partial charge in [-0.25, -0.2) is 0 Å². The fourth-order valence-electron chi connectivity index (χ4n) is 3.77. The maximum Gasteiger partial charge on any atom is 0.108 e. The molecule has 26 heavy (non-hydrogen) atoms. The summed E-state index contributed by atoms with van der Waals surface area (Å²) in [6, 6.07) is 17.6. The minimum Gasteiger partial charge on any atom is -0.367 e. The van der Waals surface area contributed by atoms with Gasteiger partial charge >= 0.3 is 0 Å². The van der Waals surface area contributed by atoms with Crippen LogP contribution in [0.25, 0.3) is 0 Å². The molecule has 1 atom stereocenters. The molecule has 0 saturated carbocycles. The second-order valence-corrected chi connectivity index (χ2v) is 6.92. The molecule has 3 rings (SSSR count). The van der Waals surface area contributed by atoms with Crippen LogP contribution in [0.15, 0.2) is 48.5 Å². The van der Waals surface area contributed by atoms with Gasteiger partial charge in [-0.3, -0.25) is 0 Å². The van der Waals surface area contributed by atoms with Crippen molar-refractivity contribution in [1.29, 1.82) is 0 Å². The van der Waals surface area contributed by atoms with Crippen molar-refractivity contribution in [3.63, 3.8) is 0 Å². The van der Waals surface area contributed by atoms with E-state index >= 15 is 0 Å². The van der Waals surface area contributed by atoms with Gasteiger partial charge in [0.15, 0.2) is 0 Å². The first-order valence-electron chi connectivity index (χ1n) is 9.82. The van der Waals surface area contributed by atoms with Gasteiger partial charge in [0.2, 0.25) is 0 Å². The molecule has 1 aliphatic rings. The van der Waals surface area contributed by atoms with E-state index in [4.69, 9.17) is 4.74 Å². The summed E-state index contributed by atoms with van der Waals surface area (Å²) in [7, 11) is 0. The number of hydrogen-bond donors (Lipinski definition) is 0. The quantitative estimate of drug-likeness (QED) is 0.611. The molecular formula is C23H32ClNO. The predicted octanol–water partition coefficient (Wildman–Crippen LogP) is 5.44. The molecule has 0 heterocycles. The number of fused-ring (bicyclic) bond motifs is 1. The Kier molecular flexibility index (Phi) is 8.64. The molecular weight excluding hydrogens is 342 g/mol. The number of benzene rings is 2. The Hall–Kier alpha value is -1.35. The van der Waals surface area contributed by atoms with Crippen LogP contribution in [0.4, 0.5) is 0 Å². The summed E-state index contributed by atoms with van der Waals surface area (Å²) in [4.78, 5) is 2.41. The average Bonchev–Trinajstić information content (AvgIpc) is 2.68. The van der Waals surface area contributed by atoms with Crippen LogP contribution in [0.5, 0.6) is 0 Å². The van der Waals surface area contributed by atoms with Crippen LogP contribution in [0.2, 0.25) is 0 Å². The number of ether oxygens (including phenoxy) is 1. The number of halogens is 1. The molecule has 0 bridgehead atoms. The van der Waals surface area contributed by atoms with Crippen molar-refractivity contribution in [1.82, 2.24) is 4.90 Å². The molecule has 1 aliphatic carbocycles. The van der Waals surface area contributed by atoms with E-state index in [1.165, 1.54) is 47.9 Å². The van der Waals surface area contributed by atoms with E-state index in [-0.39, 0.29) is 18.5 Å². The van der Waals surface area contributed by atoms with Gasteiger partial charge in [0, 0.05) is 6.54 Å². The fourth-order valence-corrected chi connectivity index (χ4v) is 3.77. The largest absolute Gasteiger partial charge is 0.367 e. The zero-order valence-corrected chi connectivity index (χ0v) is 16.9. The first-order valence-corrected chi connectivity index (χ1v) is 9.82. The van der Waals surface area contributed by atoms with Crippen LogP contribution in [0, 0.1) is 0 Å². The third kappa shape index (κ3) is 5.33. The lowest BCUT2D eigenvalue weighted by Crippen LogP contribution is -2.27.